The number of hydrogen-bond donors (Lipinski definition) is 0. The van der Waals surface area contributed by atoms with Gasteiger partial charge in [0.2, 0.25) is 0 Å². The molecule has 0 bridgehead atoms. The largest absolute Gasteiger partial charge is 0.349 e. The highest BCUT2D eigenvalue weighted by Crippen LogP contribution is 2.40. The van der Waals surface area contributed by atoms with Crippen molar-refractivity contribution in [1.29, 1.82) is 0 Å². The first-order chi connectivity index (χ1) is 13.9. The molecular formula is C22H25Cl2N5. The summed E-state index contributed by atoms with van der Waals surface area (Å²) in [6, 6.07) is 9.94. The Labute approximate surface area is 181 Å². The van der Waals surface area contributed by atoms with Crippen LogP contribution < -0.4 is 4.90 Å². The summed E-state index contributed by atoms with van der Waals surface area (Å²) in [5, 5.41) is 6.15. The molecule has 5 nitrogen and oxygen atoms in total. The molecule has 3 heterocycles. The van der Waals surface area contributed by atoms with Gasteiger partial charge in [-0.25, -0.2) is 9.97 Å². The average Bonchev–Trinajstić information content (AvgIpc) is 3.26. The van der Waals surface area contributed by atoms with Crippen molar-refractivity contribution in [2.75, 3.05) is 11.4 Å². The van der Waals surface area contributed by atoms with Crippen molar-refractivity contribution in [3.63, 3.8) is 0 Å². The number of aryl methyl sites for hydroxylation is 1. The SMILES string of the molecule is Cc1nn(CC(C)C)c(Cl)c1C1CCCN1c1cc(-c2cccc(Cl)c2)ncn1. The van der Waals surface area contributed by atoms with E-state index in [1.54, 1.807) is 6.33 Å². The summed E-state index contributed by atoms with van der Waals surface area (Å²) in [5.41, 5.74) is 3.96. The van der Waals surface area contributed by atoms with Crippen molar-refractivity contribution < 1.29 is 0 Å². The minimum atomic E-state index is 0.172. The fraction of sp³-hybridized carbons (Fsp3) is 0.409. The summed E-state index contributed by atoms with van der Waals surface area (Å²) in [5.74, 6) is 1.39. The monoisotopic (exact) mass is 429 g/mol. The lowest BCUT2D eigenvalue weighted by molar-refractivity contribution is 0.481. The first kappa shape index (κ1) is 20.2. The molecular weight excluding hydrogens is 405 g/mol. The Morgan fingerprint density at radius 2 is 2.00 bits per heavy atom. The van der Waals surface area contributed by atoms with Gasteiger partial charge >= 0.3 is 0 Å². The zero-order chi connectivity index (χ0) is 20.5. The number of benzene rings is 1. The van der Waals surface area contributed by atoms with Gasteiger partial charge in [0.25, 0.3) is 0 Å². The molecule has 3 aromatic rings. The van der Waals surface area contributed by atoms with Crippen molar-refractivity contribution in [3.05, 3.63) is 58.1 Å². The van der Waals surface area contributed by atoms with Gasteiger partial charge in [-0.3, -0.25) is 4.68 Å². The number of halogens is 2. The van der Waals surface area contributed by atoms with Gasteiger partial charge in [0.15, 0.2) is 0 Å². The zero-order valence-electron chi connectivity index (χ0n) is 16.9. The van der Waals surface area contributed by atoms with E-state index in [4.69, 9.17) is 28.3 Å². The molecule has 152 valence electrons. The van der Waals surface area contributed by atoms with Gasteiger partial charge in [-0.05, 0) is 37.8 Å². The second-order valence-electron chi connectivity index (χ2n) is 7.99. The molecule has 1 aromatic carbocycles. The molecule has 1 aliphatic rings. The fourth-order valence-electron chi connectivity index (χ4n) is 4.06. The third-order valence-corrected chi connectivity index (χ3v) is 5.93. The summed E-state index contributed by atoms with van der Waals surface area (Å²) in [6.07, 6.45) is 3.74. The highest BCUT2D eigenvalue weighted by atomic mass is 35.5. The van der Waals surface area contributed by atoms with Crippen molar-refractivity contribution in [1.82, 2.24) is 19.7 Å². The van der Waals surface area contributed by atoms with Crippen molar-refractivity contribution in [2.24, 2.45) is 5.92 Å². The van der Waals surface area contributed by atoms with Crippen LogP contribution >= 0.6 is 23.2 Å². The van der Waals surface area contributed by atoms with Gasteiger partial charge in [-0.2, -0.15) is 5.10 Å². The van der Waals surface area contributed by atoms with E-state index in [2.05, 4.69) is 28.7 Å². The lowest BCUT2D eigenvalue weighted by Crippen LogP contribution is -2.24. The smallest absolute Gasteiger partial charge is 0.133 e. The molecule has 0 saturated carbocycles. The third kappa shape index (κ3) is 4.12. The van der Waals surface area contributed by atoms with E-state index < -0.39 is 0 Å². The maximum absolute atomic E-state index is 6.78. The van der Waals surface area contributed by atoms with Crippen molar-refractivity contribution >= 4 is 29.0 Å². The molecule has 4 rings (SSSR count). The number of aromatic nitrogens is 4. The van der Waals surface area contributed by atoms with E-state index in [1.807, 2.05) is 41.9 Å². The highest BCUT2D eigenvalue weighted by Gasteiger charge is 2.32. The average molecular weight is 430 g/mol. The molecule has 1 unspecified atom stereocenters. The molecule has 0 N–H and O–H groups in total. The first-order valence-electron chi connectivity index (χ1n) is 10.0. The van der Waals surface area contributed by atoms with Crippen LogP contribution in [0.2, 0.25) is 10.2 Å². The first-order valence-corrected chi connectivity index (χ1v) is 10.8. The number of nitrogens with zero attached hydrogens (tertiary/aromatic N) is 5. The Bertz CT molecular complexity index is 1010. The van der Waals surface area contributed by atoms with E-state index in [0.717, 1.165) is 59.4 Å². The summed E-state index contributed by atoms with van der Waals surface area (Å²) < 4.78 is 1.94. The summed E-state index contributed by atoms with van der Waals surface area (Å²) >= 11 is 12.9. The topological polar surface area (TPSA) is 46.8 Å². The van der Waals surface area contributed by atoms with Gasteiger partial charge < -0.3 is 4.90 Å². The Morgan fingerprint density at radius 3 is 2.76 bits per heavy atom. The molecule has 0 spiro atoms. The minimum absolute atomic E-state index is 0.172. The van der Waals surface area contributed by atoms with Crippen LogP contribution in [0.5, 0.6) is 0 Å². The van der Waals surface area contributed by atoms with E-state index >= 15 is 0 Å². The van der Waals surface area contributed by atoms with Crippen LogP contribution in [0.25, 0.3) is 11.3 Å². The lowest BCUT2D eigenvalue weighted by Gasteiger charge is -2.26. The van der Waals surface area contributed by atoms with Gasteiger partial charge in [0, 0.05) is 35.3 Å². The molecule has 1 saturated heterocycles. The maximum atomic E-state index is 6.78. The highest BCUT2D eigenvalue weighted by molar-refractivity contribution is 6.31. The van der Waals surface area contributed by atoms with Crippen LogP contribution in [0.15, 0.2) is 36.7 Å². The number of anilines is 1. The summed E-state index contributed by atoms with van der Waals surface area (Å²) in [6.45, 7) is 8.15. The van der Waals surface area contributed by atoms with E-state index in [-0.39, 0.29) is 6.04 Å². The van der Waals surface area contributed by atoms with Gasteiger partial charge in [0.05, 0.1) is 17.4 Å². The molecule has 1 fully saturated rings. The number of hydrogen-bond acceptors (Lipinski definition) is 4. The minimum Gasteiger partial charge on any atom is -0.349 e. The lowest BCUT2D eigenvalue weighted by atomic mass is 10.1. The van der Waals surface area contributed by atoms with Crippen LogP contribution in [-0.2, 0) is 6.54 Å². The van der Waals surface area contributed by atoms with E-state index in [0.29, 0.717) is 10.9 Å². The zero-order valence-corrected chi connectivity index (χ0v) is 18.5. The third-order valence-electron chi connectivity index (χ3n) is 5.30. The second kappa shape index (κ2) is 8.33. The Balaban J connectivity index is 1.68. The standard InChI is InChI=1S/C22H25Cl2N5/c1-14(2)12-29-22(24)21(15(3)27-29)19-8-5-9-28(19)20-11-18(25-13-26-20)16-6-4-7-17(23)10-16/h4,6-7,10-11,13-14,19H,5,8-9,12H2,1-3H3. The molecule has 0 amide bonds. The van der Waals surface area contributed by atoms with Crippen LogP contribution in [0.3, 0.4) is 0 Å². The fourth-order valence-corrected chi connectivity index (χ4v) is 4.62. The van der Waals surface area contributed by atoms with Crippen LogP contribution in [0, 0.1) is 12.8 Å². The molecule has 7 heteroatoms. The summed E-state index contributed by atoms with van der Waals surface area (Å²) in [7, 11) is 0. The van der Waals surface area contributed by atoms with Crippen LogP contribution in [0.4, 0.5) is 5.82 Å². The van der Waals surface area contributed by atoms with E-state index in [1.165, 1.54) is 0 Å². The second-order valence-corrected chi connectivity index (χ2v) is 8.78. The molecule has 29 heavy (non-hydrogen) atoms. The van der Waals surface area contributed by atoms with Gasteiger partial charge in [-0.15, -0.1) is 0 Å². The van der Waals surface area contributed by atoms with Gasteiger partial charge in [-0.1, -0.05) is 49.2 Å². The number of rotatable bonds is 5. The molecule has 0 aliphatic carbocycles. The van der Waals surface area contributed by atoms with E-state index in [9.17, 15) is 0 Å². The maximum Gasteiger partial charge on any atom is 0.133 e. The molecule has 1 aliphatic heterocycles. The summed E-state index contributed by atoms with van der Waals surface area (Å²) in [4.78, 5) is 11.3. The predicted octanol–water partition coefficient (Wildman–Crippen LogP) is 5.95. The Hall–Kier alpha value is -2.11. The van der Waals surface area contributed by atoms with Crippen molar-refractivity contribution in [3.8, 4) is 11.3 Å². The van der Waals surface area contributed by atoms with Crippen molar-refractivity contribution in [2.45, 2.75) is 46.2 Å². The van der Waals surface area contributed by atoms with Crippen LogP contribution in [0.1, 0.15) is 44.0 Å². The predicted molar refractivity (Wildman–Crippen MR) is 119 cm³/mol. The van der Waals surface area contributed by atoms with Gasteiger partial charge in [0.1, 0.15) is 17.3 Å². The van der Waals surface area contributed by atoms with Crippen LogP contribution in [-0.4, -0.2) is 26.3 Å². The Morgan fingerprint density at radius 1 is 1.17 bits per heavy atom. The molecule has 2 aromatic heterocycles. The Kier molecular flexibility index (Phi) is 5.79. The molecule has 1 atom stereocenters. The quantitative estimate of drug-likeness (QED) is 0.502. The molecule has 0 radical (unpaired) electrons. The normalized spacial score (nSPS) is 16.8.